The number of benzene rings is 1. The zero-order valence-corrected chi connectivity index (χ0v) is 13.9. The molecule has 20 heavy (non-hydrogen) atoms. The highest BCUT2D eigenvalue weighted by Gasteiger charge is 2.23. The number of hydrogen-bond acceptors (Lipinski definition) is 3. The molecule has 0 aliphatic carbocycles. The van der Waals surface area contributed by atoms with Crippen LogP contribution in [0.1, 0.15) is 45.5 Å². The van der Waals surface area contributed by atoms with Crippen molar-refractivity contribution in [2.24, 2.45) is 5.41 Å². The molecule has 3 heteroatoms. The summed E-state index contributed by atoms with van der Waals surface area (Å²) >= 11 is 1.84. The van der Waals surface area contributed by atoms with Gasteiger partial charge in [-0.1, -0.05) is 39.8 Å². The average molecular weight is 290 g/mol. The first-order chi connectivity index (χ1) is 9.50. The van der Waals surface area contributed by atoms with Crippen LogP contribution in [0.2, 0.25) is 0 Å². The number of aryl methyl sites for hydroxylation is 1. The molecule has 2 rings (SSSR count). The highest BCUT2D eigenvalue weighted by atomic mass is 32.1. The first-order valence-electron chi connectivity index (χ1n) is 7.58. The van der Waals surface area contributed by atoms with Gasteiger partial charge in [0.05, 0.1) is 15.2 Å². The molecule has 0 amide bonds. The molecule has 1 heterocycles. The maximum Gasteiger partial charge on any atom is 0.0938 e. The fourth-order valence-electron chi connectivity index (χ4n) is 2.57. The van der Waals surface area contributed by atoms with E-state index in [1.54, 1.807) is 0 Å². The number of nitrogens with one attached hydrogen (secondary N) is 1. The van der Waals surface area contributed by atoms with Crippen LogP contribution in [0.3, 0.4) is 0 Å². The van der Waals surface area contributed by atoms with Crippen LogP contribution in [0.4, 0.5) is 0 Å². The van der Waals surface area contributed by atoms with Gasteiger partial charge < -0.3 is 5.32 Å². The molecule has 0 saturated heterocycles. The van der Waals surface area contributed by atoms with Gasteiger partial charge in [0.25, 0.3) is 0 Å². The van der Waals surface area contributed by atoms with Crippen molar-refractivity contribution in [2.75, 3.05) is 6.54 Å². The number of hydrogen-bond donors (Lipinski definition) is 1. The van der Waals surface area contributed by atoms with Gasteiger partial charge >= 0.3 is 0 Å². The average Bonchev–Trinajstić information content (AvgIpc) is 2.79. The van der Waals surface area contributed by atoms with Crippen LogP contribution in [0.25, 0.3) is 10.2 Å². The summed E-state index contributed by atoms with van der Waals surface area (Å²) in [4.78, 5) is 4.72. The minimum atomic E-state index is 0.323. The van der Waals surface area contributed by atoms with E-state index in [0.717, 1.165) is 18.5 Å². The largest absolute Gasteiger partial charge is 0.314 e. The highest BCUT2D eigenvalue weighted by molar-refractivity contribution is 7.18. The maximum absolute atomic E-state index is 4.72. The molecule has 1 aromatic heterocycles. The van der Waals surface area contributed by atoms with Crippen molar-refractivity contribution >= 4 is 21.6 Å². The summed E-state index contributed by atoms with van der Waals surface area (Å²) in [7, 11) is 0. The molecule has 0 aliphatic rings. The van der Waals surface area contributed by atoms with Gasteiger partial charge in [-0.25, -0.2) is 4.98 Å². The van der Waals surface area contributed by atoms with Crippen LogP contribution < -0.4 is 5.32 Å². The van der Waals surface area contributed by atoms with Gasteiger partial charge in [-0.2, -0.15) is 0 Å². The number of para-hydroxylation sites is 1. The van der Waals surface area contributed by atoms with E-state index in [2.05, 4.69) is 57.3 Å². The van der Waals surface area contributed by atoms with Crippen LogP contribution in [0.15, 0.2) is 24.3 Å². The fourth-order valence-corrected chi connectivity index (χ4v) is 3.58. The summed E-state index contributed by atoms with van der Waals surface area (Å²) in [5, 5.41) is 4.89. The Morgan fingerprint density at radius 2 is 2.00 bits per heavy atom. The Kier molecular flexibility index (Phi) is 5.17. The Labute approximate surface area is 126 Å². The second-order valence-corrected chi connectivity index (χ2v) is 7.56. The van der Waals surface area contributed by atoms with Gasteiger partial charge in [-0.15, -0.1) is 11.3 Å². The number of rotatable bonds is 6. The molecule has 0 saturated carbocycles. The monoisotopic (exact) mass is 290 g/mol. The summed E-state index contributed by atoms with van der Waals surface area (Å²) in [6.45, 7) is 10.2. The maximum atomic E-state index is 4.72. The molecule has 0 bridgehead atoms. The van der Waals surface area contributed by atoms with E-state index < -0.39 is 0 Å². The molecule has 0 fully saturated rings. The molecule has 110 valence electrons. The topological polar surface area (TPSA) is 24.9 Å². The first kappa shape index (κ1) is 15.5. The van der Waals surface area contributed by atoms with Gasteiger partial charge in [0.2, 0.25) is 0 Å². The lowest BCUT2D eigenvalue weighted by molar-refractivity contribution is 0.254. The summed E-state index contributed by atoms with van der Waals surface area (Å²) in [6.07, 6.45) is 3.51. The van der Waals surface area contributed by atoms with Gasteiger partial charge in [-0.05, 0) is 43.4 Å². The lowest BCUT2D eigenvalue weighted by Crippen LogP contribution is -2.40. The van der Waals surface area contributed by atoms with Crippen LogP contribution in [-0.4, -0.2) is 17.6 Å². The van der Waals surface area contributed by atoms with E-state index in [4.69, 9.17) is 4.98 Å². The standard InChI is InChI=1S/C17H26N2S/c1-5-18-15(17(2,3)4)11-8-12-16-19-13-9-6-7-10-14(13)20-16/h6-7,9-10,15,18H,5,8,11-12H2,1-4H3. The Morgan fingerprint density at radius 1 is 1.25 bits per heavy atom. The normalized spacial score (nSPS) is 13.8. The molecule has 0 spiro atoms. The third-order valence-corrected chi connectivity index (χ3v) is 4.81. The van der Waals surface area contributed by atoms with E-state index in [9.17, 15) is 0 Å². The minimum Gasteiger partial charge on any atom is -0.314 e. The zero-order chi connectivity index (χ0) is 14.6. The van der Waals surface area contributed by atoms with E-state index in [0.29, 0.717) is 11.5 Å². The molecule has 1 N–H and O–H groups in total. The molecular formula is C17H26N2S. The highest BCUT2D eigenvalue weighted by Crippen LogP contribution is 2.26. The van der Waals surface area contributed by atoms with Crippen molar-refractivity contribution in [3.63, 3.8) is 0 Å². The van der Waals surface area contributed by atoms with Crippen molar-refractivity contribution in [3.8, 4) is 0 Å². The first-order valence-corrected chi connectivity index (χ1v) is 8.40. The second kappa shape index (κ2) is 6.68. The summed E-state index contributed by atoms with van der Waals surface area (Å²) in [5.41, 5.74) is 1.47. The number of fused-ring (bicyclic) bond motifs is 1. The number of nitrogens with zero attached hydrogens (tertiary/aromatic N) is 1. The predicted molar refractivity (Wildman–Crippen MR) is 89.5 cm³/mol. The third kappa shape index (κ3) is 4.03. The summed E-state index contributed by atoms with van der Waals surface area (Å²) < 4.78 is 1.31. The van der Waals surface area contributed by atoms with E-state index in [-0.39, 0.29) is 0 Å². The Morgan fingerprint density at radius 3 is 2.65 bits per heavy atom. The smallest absolute Gasteiger partial charge is 0.0938 e. The van der Waals surface area contributed by atoms with Crippen molar-refractivity contribution < 1.29 is 0 Å². The molecular weight excluding hydrogens is 264 g/mol. The molecule has 0 radical (unpaired) electrons. The SMILES string of the molecule is CCNC(CCCc1nc2ccccc2s1)C(C)(C)C. The molecule has 1 atom stereocenters. The molecule has 1 unspecified atom stereocenters. The lowest BCUT2D eigenvalue weighted by Gasteiger charge is -2.31. The Hall–Kier alpha value is -0.930. The molecule has 0 aliphatic heterocycles. The van der Waals surface area contributed by atoms with Gasteiger partial charge in [0.1, 0.15) is 0 Å². The van der Waals surface area contributed by atoms with Crippen LogP contribution >= 0.6 is 11.3 Å². The van der Waals surface area contributed by atoms with Crippen molar-refractivity contribution in [3.05, 3.63) is 29.3 Å². The molecule has 1 aromatic carbocycles. The number of thiazole rings is 1. The van der Waals surface area contributed by atoms with Gasteiger partial charge in [0.15, 0.2) is 0 Å². The van der Waals surface area contributed by atoms with E-state index in [1.807, 2.05) is 11.3 Å². The van der Waals surface area contributed by atoms with Crippen molar-refractivity contribution in [1.82, 2.24) is 10.3 Å². The second-order valence-electron chi connectivity index (χ2n) is 6.44. The van der Waals surface area contributed by atoms with Crippen LogP contribution in [-0.2, 0) is 6.42 Å². The van der Waals surface area contributed by atoms with Crippen LogP contribution in [0, 0.1) is 5.41 Å². The van der Waals surface area contributed by atoms with Gasteiger partial charge in [-0.3, -0.25) is 0 Å². The predicted octanol–water partition coefficient (Wildman–Crippen LogP) is 4.64. The minimum absolute atomic E-state index is 0.323. The van der Waals surface area contributed by atoms with E-state index in [1.165, 1.54) is 22.5 Å². The number of aromatic nitrogens is 1. The Balaban J connectivity index is 1.91. The molecule has 2 nitrogen and oxygen atoms in total. The summed E-state index contributed by atoms with van der Waals surface area (Å²) in [6, 6.07) is 9.00. The zero-order valence-electron chi connectivity index (χ0n) is 13.1. The van der Waals surface area contributed by atoms with Crippen molar-refractivity contribution in [2.45, 2.75) is 53.0 Å². The van der Waals surface area contributed by atoms with Gasteiger partial charge in [0, 0.05) is 6.04 Å². The van der Waals surface area contributed by atoms with Crippen molar-refractivity contribution in [1.29, 1.82) is 0 Å². The van der Waals surface area contributed by atoms with Crippen LogP contribution in [0.5, 0.6) is 0 Å². The fraction of sp³-hybridized carbons (Fsp3) is 0.588. The van der Waals surface area contributed by atoms with E-state index >= 15 is 0 Å². The third-order valence-electron chi connectivity index (χ3n) is 3.72. The Bertz CT molecular complexity index is 506. The molecule has 2 aromatic rings. The lowest BCUT2D eigenvalue weighted by atomic mass is 9.84. The summed E-state index contributed by atoms with van der Waals surface area (Å²) in [5.74, 6) is 0. The quantitative estimate of drug-likeness (QED) is 0.838.